The standard InChI is InChI=1S/C19H30ClN4O9P/c20-13-5-14(22-10-3-1-2-4-10)24-18(23-13)11(6-21-24)17-16(28)15(27)12(33-17)7-32-19(8-25,9-26)34(29,30)31/h5-6,10-12,15-18,22,25-28H,1-4,7-9H2,(H2,29,30,31)/t11?,12-,15-,16-,17-,18?/m1/s1. The molecular formula is C19H30ClN4O9P. The normalized spacial score (nSPS) is 34.4. The van der Waals surface area contributed by atoms with E-state index in [-0.39, 0.29) is 5.17 Å². The maximum absolute atomic E-state index is 11.7. The van der Waals surface area contributed by atoms with E-state index in [0.29, 0.717) is 11.9 Å². The summed E-state index contributed by atoms with van der Waals surface area (Å²) in [6.45, 7) is -2.92. The smallest absolute Gasteiger partial charge is 0.361 e. The van der Waals surface area contributed by atoms with Gasteiger partial charge in [0.15, 0.2) is 6.17 Å². The van der Waals surface area contributed by atoms with Crippen LogP contribution in [0.5, 0.6) is 0 Å². The van der Waals surface area contributed by atoms with Gasteiger partial charge in [0, 0.05) is 18.3 Å². The number of allylic oxidation sites excluding steroid dienone is 1. The van der Waals surface area contributed by atoms with E-state index in [1.54, 1.807) is 17.3 Å². The minimum Gasteiger partial charge on any atom is -0.393 e. The van der Waals surface area contributed by atoms with Crippen molar-refractivity contribution in [3.8, 4) is 0 Å². The van der Waals surface area contributed by atoms with Crippen molar-refractivity contribution < 1.29 is 44.3 Å². The number of fused-ring (bicyclic) bond motifs is 1. The Morgan fingerprint density at radius 3 is 2.53 bits per heavy atom. The van der Waals surface area contributed by atoms with E-state index in [2.05, 4.69) is 15.4 Å². The van der Waals surface area contributed by atoms with Crippen molar-refractivity contribution in [3.05, 3.63) is 11.9 Å². The lowest BCUT2D eigenvalue weighted by atomic mass is 9.94. The van der Waals surface area contributed by atoms with E-state index < -0.39 is 69.3 Å². The van der Waals surface area contributed by atoms with Gasteiger partial charge in [0.05, 0.1) is 31.8 Å². The van der Waals surface area contributed by atoms with Crippen molar-refractivity contribution in [2.45, 2.75) is 67.6 Å². The van der Waals surface area contributed by atoms with Gasteiger partial charge in [-0.15, -0.1) is 0 Å². The second-order valence-corrected chi connectivity index (χ2v) is 11.2. The first-order valence-corrected chi connectivity index (χ1v) is 13.1. The third-order valence-corrected chi connectivity index (χ3v) is 8.42. The molecule has 1 aliphatic carbocycles. The van der Waals surface area contributed by atoms with Gasteiger partial charge in [0.2, 0.25) is 5.34 Å². The van der Waals surface area contributed by atoms with Crippen molar-refractivity contribution in [3.63, 3.8) is 0 Å². The Morgan fingerprint density at radius 1 is 1.24 bits per heavy atom. The summed E-state index contributed by atoms with van der Waals surface area (Å²) in [5, 5.41) is 47.2. The van der Waals surface area contributed by atoms with Crippen LogP contribution in [0.15, 0.2) is 22.0 Å². The number of ether oxygens (including phenoxy) is 2. The minimum atomic E-state index is -5.08. The topological polar surface area (TPSA) is 197 Å². The number of hydrazone groups is 1. The molecular weight excluding hydrogens is 495 g/mol. The number of hydrogen-bond donors (Lipinski definition) is 7. The highest BCUT2D eigenvalue weighted by Gasteiger charge is 2.53. The molecule has 0 aromatic heterocycles. The summed E-state index contributed by atoms with van der Waals surface area (Å²) >= 11 is 6.26. The second kappa shape index (κ2) is 10.1. The van der Waals surface area contributed by atoms with Crippen molar-refractivity contribution in [2.24, 2.45) is 16.0 Å². The zero-order valence-electron chi connectivity index (χ0n) is 18.2. The molecule has 1 saturated carbocycles. The lowest BCUT2D eigenvalue weighted by Gasteiger charge is -2.33. The molecule has 3 heterocycles. The first-order valence-electron chi connectivity index (χ1n) is 11.1. The van der Waals surface area contributed by atoms with Crippen LogP contribution >= 0.6 is 19.2 Å². The minimum absolute atomic E-state index is 0.252. The number of aliphatic imine (C=N–C) groups is 1. The van der Waals surface area contributed by atoms with E-state index in [0.717, 1.165) is 25.7 Å². The molecule has 3 aliphatic heterocycles. The van der Waals surface area contributed by atoms with Gasteiger partial charge in [0.25, 0.3) is 0 Å². The number of aliphatic hydroxyl groups is 4. The molecule has 0 bridgehead atoms. The monoisotopic (exact) mass is 524 g/mol. The summed E-state index contributed by atoms with van der Waals surface area (Å²) in [6, 6.07) is 0.299. The van der Waals surface area contributed by atoms with Gasteiger partial charge in [-0.2, -0.15) is 5.10 Å². The molecule has 13 nitrogen and oxygen atoms in total. The van der Waals surface area contributed by atoms with E-state index in [1.807, 2.05) is 0 Å². The largest absolute Gasteiger partial charge is 0.393 e. The molecule has 2 fully saturated rings. The molecule has 34 heavy (non-hydrogen) atoms. The van der Waals surface area contributed by atoms with Crippen molar-refractivity contribution in [2.75, 3.05) is 19.8 Å². The van der Waals surface area contributed by atoms with Crippen LogP contribution in [0.3, 0.4) is 0 Å². The predicted molar refractivity (Wildman–Crippen MR) is 120 cm³/mol. The van der Waals surface area contributed by atoms with Crippen LogP contribution in [0.2, 0.25) is 0 Å². The van der Waals surface area contributed by atoms with E-state index in [9.17, 15) is 34.8 Å². The average Bonchev–Trinajstić information content (AvgIpc) is 3.50. The van der Waals surface area contributed by atoms with Crippen LogP contribution in [0.1, 0.15) is 25.7 Å². The predicted octanol–water partition coefficient (Wildman–Crippen LogP) is -1.38. The molecule has 4 rings (SSSR count). The molecule has 192 valence electrons. The quantitative estimate of drug-likeness (QED) is 0.175. The Labute approximate surface area is 200 Å². The number of nitrogens with zero attached hydrogens (tertiary/aromatic N) is 3. The van der Waals surface area contributed by atoms with Gasteiger partial charge in [-0.05, 0) is 12.8 Å². The summed E-state index contributed by atoms with van der Waals surface area (Å²) < 4.78 is 22.7. The molecule has 0 aromatic rings. The van der Waals surface area contributed by atoms with Gasteiger partial charge in [0.1, 0.15) is 29.3 Å². The molecule has 4 aliphatic rings. The highest BCUT2D eigenvalue weighted by atomic mass is 35.5. The molecule has 0 amide bonds. The Kier molecular flexibility index (Phi) is 7.71. The number of hydrogen-bond acceptors (Lipinski definition) is 11. The highest BCUT2D eigenvalue weighted by molar-refractivity contribution is 7.53. The number of aliphatic hydroxyl groups excluding tert-OH is 4. The summed E-state index contributed by atoms with van der Waals surface area (Å²) in [5.41, 5.74) is 0. The van der Waals surface area contributed by atoms with Gasteiger partial charge < -0.3 is 45.0 Å². The van der Waals surface area contributed by atoms with Gasteiger partial charge in [-0.3, -0.25) is 4.57 Å². The average molecular weight is 525 g/mol. The first kappa shape index (κ1) is 26.0. The molecule has 0 aromatic carbocycles. The van der Waals surface area contributed by atoms with Crippen molar-refractivity contribution >= 4 is 30.6 Å². The van der Waals surface area contributed by atoms with Gasteiger partial charge in [-0.1, -0.05) is 24.4 Å². The summed E-state index contributed by atoms with van der Waals surface area (Å²) in [7, 11) is -5.08. The number of rotatable bonds is 9. The van der Waals surface area contributed by atoms with Crippen LogP contribution < -0.4 is 5.32 Å². The SMILES string of the molecule is O=P(O)(O)C(CO)(CO)OC[C@H]1O[C@H](C2C=NN3C(NC4CCCC4)=CC(Cl)=NC23)[C@H](O)[C@@H]1O. The van der Waals surface area contributed by atoms with E-state index in [1.165, 1.54) is 0 Å². The highest BCUT2D eigenvalue weighted by Crippen LogP contribution is 2.51. The lowest BCUT2D eigenvalue weighted by Crippen LogP contribution is -2.46. The zero-order valence-corrected chi connectivity index (χ0v) is 19.9. The van der Waals surface area contributed by atoms with Gasteiger partial charge >= 0.3 is 7.60 Å². The summed E-state index contributed by atoms with van der Waals surface area (Å²) in [5.74, 6) is 0.0839. The molecule has 0 spiro atoms. The van der Waals surface area contributed by atoms with E-state index >= 15 is 0 Å². The fourth-order valence-corrected chi connectivity index (χ4v) is 5.48. The maximum atomic E-state index is 11.7. The second-order valence-electron chi connectivity index (χ2n) is 8.94. The lowest BCUT2D eigenvalue weighted by molar-refractivity contribution is -0.117. The molecule has 1 saturated heterocycles. The third-order valence-electron chi connectivity index (χ3n) is 6.74. The Morgan fingerprint density at radius 2 is 1.91 bits per heavy atom. The zero-order chi connectivity index (χ0) is 24.7. The Hall–Kier alpha value is -1.12. The van der Waals surface area contributed by atoms with Crippen molar-refractivity contribution in [1.82, 2.24) is 10.3 Å². The van der Waals surface area contributed by atoms with Crippen LogP contribution in [-0.2, 0) is 14.0 Å². The van der Waals surface area contributed by atoms with Gasteiger partial charge in [-0.25, -0.2) is 10.0 Å². The fourth-order valence-electron chi connectivity index (χ4n) is 4.67. The number of nitrogens with one attached hydrogen (secondary N) is 1. The molecule has 0 radical (unpaired) electrons. The van der Waals surface area contributed by atoms with Crippen LogP contribution in [0, 0.1) is 5.92 Å². The first-order chi connectivity index (χ1) is 16.1. The maximum Gasteiger partial charge on any atom is 0.361 e. The summed E-state index contributed by atoms with van der Waals surface area (Å²) in [4.78, 5) is 23.4. The fraction of sp³-hybridized carbons (Fsp3) is 0.789. The van der Waals surface area contributed by atoms with Crippen LogP contribution in [-0.4, -0.2) is 108 Å². The van der Waals surface area contributed by atoms with Crippen LogP contribution in [0.25, 0.3) is 0 Å². The summed E-state index contributed by atoms with van der Waals surface area (Å²) in [6.07, 6.45) is 1.94. The molecule has 7 N–H and O–H groups in total. The Balaban J connectivity index is 1.44. The third kappa shape index (κ3) is 4.79. The molecule has 2 unspecified atom stereocenters. The Bertz CT molecular complexity index is 889. The van der Waals surface area contributed by atoms with E-state index in [4.69, 9.17) is 21.1 Å². The molecule has 15 heteroatoms. The number of halogens is 1. The van der Waals surface area contributed by atoms with Crippen molar-refractivity contribution in [1.29, 1.82) is 0 Å². The molecule has 6 atom stereocenters. The van der Waals surface area contributed by atoms with Crippen LogP contribution in [0.4, 0.5) is 0 Å².